The monoisotopic (exact) mass is 459 g/mol. The number of guanidine groups is 1. The molecule has 25 heavy (non-hydrogen) atoms. The van der Waals surface area contributed by atoms with Crippen molar-refractivity contribution in [1.82, 2.24) is 10.6 Å². The highest BCUT2D eigenvalue weighted by Crippen LogP contribution is 2.14. The third-order valence-electron chi connectivity index (χ3n) is 3.85. The van der Waals surface area contributed by atoms with E-state index in [-0.39, 0.29) is 24.0 Å². The van der Waals surface area contributed by atoms with Gasteiger partial charge in [0.1, 0.15) is 0 Å². The largest absolute Gasteiger partial charge is 0.381 e. The second-order valence-corrected chi connectivity index (χ2v) is 5.80. The Kier molecular flexibility index (Phi) is 11.5. The van der Waals surface area contributed by atoms with Gasteiger partial charge in [-0.1, -0.05) is 30.3 Å². The zero-order chi connectivity index (χ0) is 17.0. The quantitative estimate of drug-likeness (QED) is 0.271. The van der Waals surface area contributed by atoms with Gasteiger partial charge in [-0.25, -0.2) is 4.99 Å². The van der Waals surface area contributed by atoms with Gasteiger partial charge in [0.25, 0.3) is 0 Å². The maximum atomic E-state index is 5.95. The van der Waals surface area contributed by atoms with Crippen molar-refractivity contribution in [2.75, 3.05) is 26.3 Å². The highest BCUT2D eigenvalue weighted by Gasteiger charge is 2.13. The fourth-order valence-corrected chi connectivity index (χ4v) is 2.48. The lowest BCUT2D eigenvalue weighted by Crippen LogP contribution is -2.37. The van der Waals surface area contributed by atoms with Crippen LogP contribution in [0.25, 0.3) is 0 Å². The third-order valence-corrected chi connectivity index (χ3v) is 3.85. The zero-order valence-electron chi connectivity index (χ0n) is 15.0. The predicted molar refractivity (Wildman–Crippen MR) is 114 cm³/mol. The highest BCUT2D eigenvalue weighted by molar-refractivity contribution is 14.0. The van der Waals surface area contributed by atoms with E-state index in [1.54, 1.807) is 0 Å². The highest BCUT2D eigenvalue weighted by atomic mass is 127. The van der Waals surface area contributed by atoms with Crippen molar-refractivity contribution >= 4 is 29.9 Å². The van der Waals surface area contributed by atoms with Crippen LogP contribution >= 0.6 is 24.0 Å². The second kappa shape index (κ2) is 13.1. The molecule has 140 valence electrons. The Morgan fingerprint density at radius 3 is 2.56 bits per heavy atom. The van der Waals surface area contributed by atoms with E-state index >= 15 is 0 Å². The molecular weight excluding hydrogens is 429 g/mol. The summed E-state index contributed by atoms with van der Waals surface area (Å²) in [6.45, 7) is 10.2. The molecule has 0 unspecified atom stereocenters. The van der Waals surface area contributed by atoms with E-state index in [2.05, 4.69) is 53.4 Å². The van der Waals surface area contributed by atoms with Crippen molar-refractivity contribution in [1.29, 1.82) is 0 Å². The van der Waals surface area contributed by atoms with Gasteiger partial charge in [-0.2, -0.15) is 0 Å². The summed E-state index contributed by atoms with van der Waals surface area (Å²) in [6, 6.07) is 8.47. The van der Waals surface area contributed by atoms with Crippen LogP contribution in [0.4, 0.5) is 0 Å². The molecule has 0 amide bonds. The van der Waals surface area contributed by atoms with Crippen molar-refractivity contribution in [3.8, 4) is 0 Å². The molecule has 1 aromatic carbocycles. The number of ether oxygens (including phenoxy) is 2. The first-order chi connectivity index (χ1) is 11.8. The van der Waals surface area contributed by atoms with E-state index in [0.29, 0.717) is 25.8 Å². The van der Waals surface area contributed by atoms with Gasteiger partial charge in [-0.3, -0.25) is 0 Å². The van der Waals surface area contributed by atoms with Crippen molar-refractivity contribution in [2.45, 2.75) is 39.0 Å². The molecule has 1 saturated heterocycles. The summed E-state index contributed by atoms with van der Waals surface area (Å²) < 4.78 is 11.3. The van der Waals surface area contributed by atoms with Crippen LogP contribution in [0.5, 0.6) is 0 Å². The minimum atomic E-state index is 0. The molecule has 0 bridgehead atoms. The van der Waals surface area contributed by atoms with E-state index < -0.39 is 0 Å². The summed E-state index contributed by atoms with van der Waals surface area (Å²) in [5, 5.41) is 6.42. The van der Waals surface area contributed by atoms with E-state index in [1.807, 2.05) is 6.08 Å². The molecule has 2 N–H and O–H groups in total. The first-order valence-corrected chi connectivity index (χ1v) is 8.72. The predicted octanol–water partition coefficient (Wildman–Crippen LogP) is 3.24. The van der Waals surface area contributed by atoms with Gasteiger partial charge in [0.15, 0.2) is 5.96 Å². The number of nitrogens with zero attached hydrogens (tertiary/aromatic N) is 1. The molecule has 0 radical (unpaired) electrons. The molecule has 0 aromatic heterocycles. The maximum absolute atomic E-state index is 5.95. The molecule has 1 aromatic rings. The van der Waals surface area contributed by atoms with Crippen LogP contribution in [0, 0.1) is 0 Å². The lowest BCUT2D eigenvalue weighted by Gasteiger charge is -2.22. The first-order valence-electron chi connectivity index (χ1n) is 8.72. The molecule has 0 saturated carbocycles. The van der Waals surface area contributed by atoms with Crippen LogP contribution in [-0.4, -0.2) is 38.4 Å². The van der Waals surface area contributed by atoms with Crippen LogP contribution in [0.2, 0.25) is 0 Å². The van der Waals surface area contributed by atoms with Gasteiger partial charge in [0.05, 0.1) is 19.3 Å². The normalized spacial score (nSPS) is 15.3. The van der Waals surface area contributed by atoms with Gasteiger partial charge in [0.2, 0.25) is 0 Å². The van der Waals surface area contributed by atoms with Crippen molar-refractivity contribution in [3.63, 3.8) is 0 Å². The second-order valence-electron chi connectivity index (χ2n) is 5.80. The Balaban J connectivity index is 0.00000312. The molecule has 0 spiro atoms. The molecule has 1 fully saturated rings. The summed E-state index contributed by atoms with van der Waals surface area (Å²) in [4.78, 5) is 4.57. The lowest BCUT2D eigenvalue weighted by atomic mass is 10.1. The molecule has 1 aliphatic rings. The Hall–Kier alpha value is -1.12. The molecule has 0 atom stereocenters. The molecule has 5 nitrogen and oxygen atoms in total. The van der Waals surface area contributed by atoms with Crippen LogP contribution in [0.3, 0.4) is 0 Å². The Bertz CT molecular complexity index is 514. The van der Waals surface area contributed by atoms with Gasteiger partial charge < -0.3 is 20.1 Å². The van der Waals surface area contributed by atoms with Crippen LogP contribution in [0.1, 0.15) is 30.9 Å². The lowest BCUT2D eigenvalue weighted by molar-refractivity contribution is -0.0390. The summed E-state index contributed by atoms with van der Waals surface area (Å²) in [6.07, 6.45) is 4.15. The van der Waals surface area contributed by atoms with Crippen LogP contribution in [0.15, 0.2) is 41.9 Å². The Morgan fingerprint density at radius 1 is 1.24 bits per heavy atom. The molecule has 6 heteroatoms. The maximum Gasteiger partial charge on any atom is 0.191 e. The number of nitrogens with one attached hydrogen (secondary N) is 2. The Labute approximate surface area is 168 Å². The minimum Gasteiger partial charge on any atom is -0.381 e. The van der Waals surface area contributed by atoms with Crippen molar-refractivity contribution < 1.29 is 9.47 Å². The number of hydrogen-bond donors (Lipinski definition) is 2. The molecule has 1 heterocycles. The smallest absolute Gasteiger partial charge is 0.191 e. The number of hydrogen-bond acceptors (Lipinski definition) is 3. The summed E-state index contributed by atoms with van der Waals surface area (Å²) in [7, 11) is 0. The van der Waals surface area contributed by atoms with E-state index in [1.165, 1.54) is 11.1 Å². The van der Waals surface area contributed by atoms with Gasteiger partial charge in [0, 0.05) is 26.3 Å². The fraction of sp³-hybridized carbons (Fsp3) is 0.526. The molecular formula is C19H30IN3O2. The Morgan fingerprint density at radius 2 is 1.92 bits per heavy atom. The molecule has 2 rings (SSSR count). The van der Waals surface area contributed by atoms with Crippen LogP contribution < -0.4 is 10.6 Å². The number of halogens is 1. The third kappa shape index (κ3) is 8.69. The van der Waals surface area contributed by atoms with Crippen molar-refractivity contribution in [2.24, 2.45) is 4.99 Å². The zero-order valence-corrected chi connectivity index (χ0v) is 17.3. The average molecular weight is 459 g/mol. The average Bonchev–Trinajstić information content (AvgIpc) is 2.64. The van der Waals surface area contributed by atoms with Gasteiger partial charge >= 0.3 is 0 Å². The van der Waals surface area contributed by atoms with Gasteiger partial charge in [-0.15, -0.1) is 30.6 Å². The van der Waals surface area contributed by atoms with Crippen LogP contribution in [-0.2, 0) is 22.6 Å². The fourth-order valence-electron chi connectivity index (χ4n) is 2.48. The minimum absolute atomic E-state index is 0. The molecule has 0 aliphatic carbocycles. The summed E-state index contributed by atoms with van der Waals surface area (Å²) in [5.41, 5.74) is 2.38. The first kappa shape index (κ1) is 21.9. The van der Waals surface area contributed by atoms with Gasteiger partial charge in [-0.05, 0) is 30.9 Å². The topological polar surface area (TPSA) is 54.9 Å². The van der Waals surface area contributed by atoms with E-state index in [4.69, 9.17) is 9.47 Å². The number of benzene rings is 1. The van der Waals surface area contributed by atoms with E-state index in [9.17, 15) is 0 Å². The summed E-state index contributed by atoms with van der Waals surface area (Å²) in [5.74, 6) is 0.810. The number of aliphatic imine (C=N–C) groups is 1. The SMILES string of the molecule is C=CCNC(=NCc1ccc(COC2CCOCC2)cc1)NCC.I. The summed E-state index contributed by atoms with van der Waals surface area (Å²) >= 11 is 0. The number of rotatable bonds is 8. The van der Waals surface area contributed by atoms with E-state index in [0.717, 1.165) is 38.6 Å². The molecule has 1 aliphatic heterocycles. The van der Waals surface area contributed by atoms with Crippen molar-refractivity contribution in [3.05, 3.63) is 48.0 Å². The standard InChI is InChI=1S/C19H29N3O2.HI/c1-3-11-21-19(20-4-2)22-14-16-5-7-17(8-6-16)15-24-18-9-12-23-13-10-18;/h3,5-8,18H,1,4,9-15H2,2H3,(H2,20,21,22);1H.